The van der Waals surface area contributed by atoms with Gasteiger partial charge in [-0.3, -0.25) is 9.78 Å². The third-order valence-electron chi connectivity index (χ3n) is 5.06. The van der Waals surface area contributed by atoms with Crippen LogP contribution in [0.2, 0.25) is 5.02 Å². The van der Waals surface area contributed by atoms with E-state index in [4.69, 9.17) is 11.6 Å². The van der Waals surface area contributed by atoms with Gasteiger partial charge in [0.2, 0.25) is 0 Å². The van der Waals surface area contributed by atoms with E-state index in [-0.39, 0.29) is 30.0 Å². The maximum absolute atomic E-state index is 12.7. The Morgan fingerprint density at radius 2 is 2.35 bits per heavy atom. The summed E-state index contributed by atoms with van der Waals surface area (Å²) < 4.78 is 0. The molecule has 0 unspecified atom stereocenters. The highest BCUT2D eigenvalue weighted by atomic mass is 35.5. The Balaban J connectivity index is 1.90. The van der Waals surface area contributed by atoms with Crippen molar-refractivity contribution >= 4 is 17.5 Å². The smallest absolute Gasteiger partial charge is 0.255 e. The first-order valence-electron chi connectivity index (χ1n) is 7.15. The van der Waals surface area contributed by atoms with Gasteiger partial charge < -0.3 is 10.0 Å². The zero-order chi connectivity index (χ0) is 14.3. The maximum atomic E-state index is 12.7. The van der Waals surface area contributed by atoms with E-state index in [1.54, 1.807) is 12.3 Å². The molecule has 3 heterocycles. The number of carbonyl (C=O) groups excluding carboxylic acids is 1. The van der Waals surface area contributed by atoms with Crippen molar-refractivity contribution < 1.29 is 9.90 Å². The Kier molecular flexibility index (Phi) is 3.46. The minimum atomic E-state index is -0.120. The Hall–Kier alpha value is -1.13. The molecule has 5 heteroatoms. The van der Waals surface area contributed by atoms with Crippen LogP contribution >= 0.6 is 11.6 Å². The molecule has 2 aliphatic rings. The van der Waals surface area contributed by atoms with Crippen LogP contribution in [0.4, 0.5) is 0 Å². The molecule has 1 aromatic heterocycles. The van der Waals surface area contributed by atoms with Crippen molar-refractivity contribution in [1.29, 1.82) is 0 Å². The molecule has 0 radical (unpaired) electrons. The van der Waals surface area contributed by atoms with Crippen LogP contribution in [0.3, 0.4) is 0 Å². The van der Waals surface area contributed by atoms with Crippen molar-refractivity contribution in [2.75, 3.05) is 6.61 Å². The predicted octanol–water partition coefficient (Wildman–Crippen LogP) is 2.50. The van der Waals surface area contributed by atoms with Gasteiger partial charge in [-0.25, -0.2) is 0 Å². The number of aliphatic hydroxyl groups excluding tert-OH is 1. The summed E-state index contributed by atoms with van der Waals surface area (Å²) in [5, 5.41) is 10.3. The van der Waals surface area contributed by atoms with Gasteiger partial charge >= 0.3 is 0 Å². The number of carbonyl (C=O) groups is 1. The largest absolute Gasteiger partial charge is 0.396 e. The molecule has 1 N–H and O–H groups in total. The third kappa shape index (κ3) is 1.93. The number of rotatable bonds is 3. The van der Waals surface area contributed by atoms with E-state index >= 15 is 0 Å². The van der Waals surface area contributed by atoms with Crippen LogP contribution in [0, 0.1) is 5.41 Å². The lowest BCUT2D eigenvalue weighted by molar-refractivity contribution is 0.0556. The lowest BCUT2D eigenvalue weighted by Gasteiger charge is -2.34. The summed E-state index contributed by atoms with van der Waals surface area (Å²) in [7, 11) is 0. The number of aliphatic hydroxyl groups is 1. The first kappa shape index (κ1) is 13.8. The fourth-order valence-electron chi connectivity index (χ4n) is 3.94. The number of fused-ring (bicyclic) bond motifs is 2. The van der Waals surface area contributed by atoms with Gasteiger partial charge in [0.1, 0.15) is 0 Å². The summed E-state index contributed by atoms with van der Waals surface area (Å²) in [4.78, 5) is 18.7. The van der Waals surface area contributed by atoms with E-state index < -0.39 is 0 Å². The molecule has 0 aliphatic carbocycles. The normalized spacial score (nSPS) is 31.9. The molecule has 108 valence electrons. The van der Waals surface area contributed by atoms with Crippen LogP contribution in [0.15, 0.2) is 18.5 Å². The average Bonchev–Trinajstić information content (AvgIpc) is 3.02. The third-order valence-corrected chi connectivity index (χ3v) is 5.26. The van der Waals surface area contributed by atoms with Gasteiger partial charge in [-0.15, -0.1) is 0 Å². The fourth-order valence-corrected chi connectivity index (χ4v) is 4.11. The second kappa shape index (κ2) is 5.01. The number of halogens is 1. The van der Waals surface area contributed by atoms with Crippen LogP contribution in [-0.2, 0) is 0 Å². The maximum Gasteiger partial charge on any atom is 0.255 e. The minimum Gasteiger partial charge on any atom is -0.396 e. The lowest BCUT2D eigenvalue weighted by atomic mass is 9.72. The molecule has 2 fully saturated rings. The van der Waals surface area contributed by atoms with E-state index in [0.29, 0.717) is 10.6 Å². The molecule has 3 atom stereocenters. The molecule has 1 amide bonds. The molecular formula is C15H19ClN2O2. The Morgan fingerprint density at radius 1 is 1.55 bits per heavy atom. The van der Waals surface area contributed by atoms with Crippen LogP contribution in [0.5, 0.6) is 0 Å². The Morgan fingerprint density at radius 3 is 2.95 bits per heavy atom. The number of amides is 1. The van der Waals surface area contributed by atoms with E-state index in [1.807, 2.05) is 4.90 Å². The summed E-state index contributed by atoms with van der Waals surface area (Å²) in [6, 6.07) is 2.06. The van der Waals surface area contributed by atoms with E-state index in [0.717, 1.165) is 25.7 Å². The Labute approximate surface area is 123 Å². The van der Waals surface area contributed by atoms with E-state index in [2.05, 4.69) is 11.9 Å². The van der Waals surface area contributed by atoms with Gasteiger partial charge in [-0.2, -0.15) is 0 Å². The first-order chi connectivity index (χ1) is 9.61. The van der Waals surface area contributed by atoms with Crippen molar-refractivity contribution in [3.05, 3.63) is 29.0 Å². The highest BCUT2D eigenvalue weighted by Gasteiger charge is 2.56. The van der Waals surface area contributed by atoms with Gasteiger partial charge in [0, 0.05) is 29.9 Å². The monoisotopic (exact) mass is 294 g/mol. The summed E-state index contributed by atoms with van der Waals surface area (Å²) in [5.74, 6) is -0.00345. The molecule has 20 heavy (non-hydrogen) atoms. The van der Waals surface area contributed by atoms with Crippen LogP contribution in [0.25, 0.3) is 0 Å². The molecule has 3 rings (SSSR count). The summed E-state index contributed by atoms with van der Waals surface area (Å²) >= 11 is 5.92. The van der Waals surface area contributed by atoms with Crippen molar-refractivity contribution in [1.82, 2.24) is 9.88 Å². The molecule has 0 aromatic carbocycles. The molecule has 0 spiro atoms. The number of hydrogen-bond acceptors (Lipinski definition) is 3. The molecule has 1 aromatic rings. The number of hydrogen-bond donors (Lipinski definition) is 1. The van der Waals surface area contributed by atoms with Gasteiger partial charge in [0.25, 0.3) is 5.91 Å². The molecule has 2 aliphatic heterocycles. The SMILES string of the molecule is CC[C@@]1(CO)C[C@@H]2CC[C@H]1N2C(=O)c1cncc(Cl)c1. The van der Waals surface area contributed by atoms with Crippen molar-refractivity contribution in [2.45, 2.75) is 44.7 Å². The predicted molar refractivity (Wildman–Crippen MR) is 76.7 cm³/mol. The zero-order valence-electron chi connectivity index (χ0n) is 11.6. The standard InChI is InChI=1S/C15H19ClN2O2/c1-2-15(9-19)6-12-3-4-13(15)18(12)14(20)10-5-11(16)8-17-7-10/h5,7-8,12-13,19H,2-4,6,9H2,1H3/t12-,13+,15-/m0/s1. The number of pyridine rings is 1. The van der Waals surface area contributed by atoms with Crippen molar-refractivity contribution in [2.24, 2.45) is 5.41 Å². The molecule has 0 saturated carbocycles. The lowest BCUT2D eigenvalue weighted by Crippen LogP contribution is -2.42. The topological polar surface area (TPSA) is 53.4 Å². The highest BCUT2D eigenvalue weighted by molar-refractivity contribution is 6.30. The summed E-state index contributed by atoms with van der Waals surface area (Å²) in [5.41, 5.74) is 0.421. The number of aromatic nitrogens is 1. The van der Waals surface area contributed by atoms with Crippen molar-refractivity contribution in [3.63, 3.8) is 0 Å². The van der Waals surface area contributed by atoms with Crippen LogP contribution in [-0.4, -0.2) is 39.6 Å². The van der Waals surface area contributed by atoms with Crippen LogP contribution < -0.4 is 0 Å². The summed E-state index contributed by atoms with van der Waals surface area (Å²) in [6.45, 7) is 2.25. The van der Waals surface area contributed by atoms with Gasteiger partial charge in [-0.1, -0.05) is 18.5 Å². The highest BCUT2D eigenvalue weighted by Crippen LogP contribution is 2.51. The van der Waals surface area contributed by atoms with Gasteiger partial charge in [0.05, 0.1) is 17.2 Å². The second-order valence-corrected chi connectivity index (χ2v) is 6.37. The fraction of sp³-hybridized carbons (Fsp3) is 0.600. The second-order valence-electron chi connectivity index (χ2n) is 5.93. The first-order valence-corrected chi connectivity index (χ1v) is 7.53. The molecule has 2 bridgehead atoms. The molecular weight excluding hydrogens is 276 g/mol. The summed E-state index contributed by atoms with van der Waals surface area (Å²) in [6.07, 6.45) is 6.93. The quantitative estimate of drug-likeness (QED) is 0.932. The number of nitrogens with zero attached hydrogens (tertiary/aromatic N) is 2. The van der Waals surface area contributed by atoms with Crippen LogP contribution in [0.1, 0.15) is 43.0 Å². The average molecular weight is 295 g/mol. The Bertz CT molecular complexity index is 530. The van der Waals surface area contributed by atoms with Crippen molar-refractivity contribution in [3.8, 4) is 0 Å². The molecule has 4 nitrogen and oxygen atoms in total. The van der Waals surface area contributed by atoms with Gasteiger partial charge in [-0.05, 0) is 31.7 Å². The van der Waals surface area contributed by atoms with Gasteiger partial charge in [0.15, 0.2) is 0 Å². The zero-order valence-corrected chi connectivity index (χ0v) is 12.3. The minimum absolute atomic E-state index is 0.00345. The molecule has 2 saturated heterocycles. The van der Waals surface area contributed by atoms with E-state index in [9.17, 15) is 9.90 Å². The van der Waals surface area contributed by atoms with E-state index in [1.165, 1.54) is 6.20 Å².